The predicted octanol–water partition coefficient (Wildman–Crippen LogP) is 3.62. The number of aromatic nitrogens is 3. The molecule has 0 radical (unpaired) electrons. The number of carbonyl (C=O) groups is 2. The van der Waals surface area contributed by atoms with Gasteiger partial charge in [-0.25, -0.2) is 0 Å². The predicted molar refractivity (Wildman–Crippen MR) is 115 cm³/mol. The molecule has 2 aromatic carbocycles. The van der Waals surface area contributed by atoms with Gasteiger partial charge in [0.1, 0.15) is 17.9 Å². The highest BCUT2D eigenvalue weighted by Crippen LogP contribution is 2.29. The molecule has 1 N–H and O–H groups in total. The fourth-order valence-corrected chi connectivity index (χ4v) is 3.74. The molecule has 0 atom stereocenters. The molecule has 0 bridgehead atoms. The molecule has 2 aromatic heterocycles. The Morgan fingerprint density at radius 1 is 1.03 bits per heavy atom. The van der Waals surface area contributed by atoms with Crippen LogP contribution >= 0.6 is 0 Å². The van der Waals surface area contributed by atoms with Gasteiger partial charge in [0.05, 0.1) is 23.2 Å². The fourth-order valence-electron chi connectivity index (χ4n) is 3.74. The number of aryl methyl sites for hydroxylation is 1. The molecule has 0 saturated carbocycles. The number of carbonyl (C=O) groups excluding carboxylic acids is 2. The lowest BCUT2D eigenvalue weighted by molar-refractivity contribution is 0.0986. The number of fused-ring (bicyclic) bond motifs is 3. The quantitative estimate of drug-likeness (QED) is 0.554. The van der Waals surface area contributed by atoms with E-state index in [4.69, 9.17) is 4.42 Å². The number of rotatable bonds is 3. The maximum atomic E-state index is 13.3. The van der Waals surface area contributed by atoms with Gasteiger partial charge in [0.25, 0.3) is 11.8 Å². The Morgan fingerprint density at radius 2 is 1.81 bits per heavy atom. The van der Waals surface area contributed by atoms with Gasteiger partial charge in [-0.15, -0.1) is 10.2 Å². The average molecular weight is 413 g/mol. The van der Waals surface area contributed by atoms with E-state index < -0.39 is 0 Å². The fraction of sp³-hybridized carbons (Fsp3) is 0.130. The molecule has 0 unspecified atom stereocenters. The van der Waals surface area contributed by atoms with Crippen LogP contribution in [0.15, 0.2) is 71.6 Å². The van der Waals surface area contributed by atoms with Crippen molar-refractivity contribution in [3.63, 3.8) is 0 Å². The van der Waals surface area contributed by atoms with Gasteiger partial charge in [-0.05, 0) is 49.4 Å². The molecule has 154 valence electrons. The zero-order valence-corrected chi connectivity index (χ0v) is 16.8. The summed E-state index contributed by atoms with van der Waals surface area (Å²) >= 11 is 0. The highest BCUT2D eigenvalue weighted by atomic mass is 16.3. The SMILES string of the molecule is Cc1occc1C(=O)Nc1ccc(C(=O)N2CCc3nncn3-c3ccccc32)cc1. The van der Waals surface area contributed by atoms with Gasteiger partial charge in [-0.1, -0.05) is 12.1 Å². The van der Waals surface area contributed by atoms with Crippen molar-refractivity contribution in [3.05, 3.63) is 89.9 Å². The summed E-state index contributed by atoms with van der Waals surface area (Å²) in [5, 5.41) is 11.0. The highest BCUT2D eigenvalue weighted by molar-refractivity contribution is 6.08. The molecule has 31 heavy (non-hydrogen) atoms. The molecule has 2 amide bonds. The molecule has 3 heterocycles. The third-order valence-corrected chi connectivity index (χ3v) is 5.35. The minimum absolute atomic E-state index is 0.116. The summed E-state index contributed by atoms with van der Waals surface area (Å²) in [6.45, 7) is 2.23. The minimum atomic E-state index is -0.255. The number of hydrogen-bond acceptors (Lipinski definition) is 5. The molecule has 0 saturated heterocycles. The van der Waals surface area contributed by atoms with E-state index in [1.807, 2.05) is 28.8 Å². The van der Waals surface area contributed by atoms with E-state index in [2.05, 4.69) is 15.5 Å². The molecule has 1 aliphatic rings. The van der Waals surface area contributed by atoms with Crippen LogP contribution in [0, 0.1) is 6.92 Å². The van der Waals surface area contributed by atoms with E-state index >= 15 is 0 Å². The Bertz CT molecular complexity index is 1270. The summed E-state index contributed by atoms with van der Waals surface area (Å²) in [7, 11) is 0. The summed E-state index contributed by atoms with van der Waals surface area (Å²) in [6.07, 6.45) is 3.74. The largest absolute Gasteiger partial charge is 0.469 e. The topological polar surface area (TPSA) is 93.3 Å². The van der Waals surface area contributed by atoms with Gasteiger partial charge >= 0.3 is 0 Å². The summed E-state index contributed by atoms with van der Waals surface area (Å²) in [5.41, 5.74) is 3.29. The Hall–Kier alpha value is -4.20. The monoisotopic (exact) mass is 413 g/mol. The van der Waals surface area contributed by atoms with Crippen LogP contribution in [0.2, 0.25) is 0 Å². The van der Waals surface area contributed by atoms with Crippen LogP contribution in [0.4, 0.5) is 11.4 Å². The second-order valence-corrected chi connectivity index (χ2v) is 7.23. The molecule has 8 heteroatoms. The van der Waals surface area contributed by atoms with Crippen LogP contribution < -0.4 is 10.2 Å². The van der Waals surface area contributed by atoms with Crippen molar-refractivity contribution in [3.8, 4) is 5.69 Å². The first-order chi connectivity index (χ1) is 15.1. The highest BCUT2D eigenvalue weighted by Gasteiger charge is 2.25. The molecule has 4 aromatic rings. The summed E-state index contributed by atoms with van der Waals surface area (Å²) in [5.74, 6) is 0.999. The molecule has 0 fully saturated rings. The first-order valence-corrected chi connectivity index (χ1v) is 9.87. The maximum absolute atomic E-state index is 13.3. The van der Waals surface area contributed by atoms with Crippen LogP contribution in [-0.4, -0.2) is 33.1 Å². The minimum Gasteiger partial charge on any atom is -0.469 e. The second kappa shape index (κ2) is 7.56. The number of para-hydroxylation sites is 2. The van der Waals surface area contributed by atoms with Crippen molar-refractivity contribution in [1.29, 1.82) is 0 Å². The standard InChI is InChI=1S/C23H19N5O3/c1-15-18(11-13-31-15)22(29)25-17-8-6-16(7-9-17)23(30)27-12-10-21-26-24-14-28(21)20-5-3-2-4-19(20)27/h2-9,11,13-14H,10,12H2,1H3,(H,25,29). The van der Waals surface area contributed by atoms with Gasteiger partial charge in [0.15, 0.2) is 0 Å². The molecule has 5 rings (SSSR count). The summed E-state index contributed by atoms with van der Waals surface area (Å²) in [6, 6.07) is 16.2. The van der Waals surface area contributed by atoms with Gasteiger partial charge in [0.2, 0.25) is 0 Å². The van der Waals surface area contributed by atoms with Crippen LogP contribution in [0.3, 0.4) is 0 Å². The van der Waals surface area contributed by atoms with Gasteiger partial charge in [-0.3, -0.25) is 14.2 Å². The van der Waals surface area contributed by atoms with Gasteiger partial charge in [-0.2, -0.15) is 0 Å². The molecule has 8 nitrogen and oxygen atoms in total. The number of hydrogen-bond donors (Lipinski definition) is 1. The van der Waals surface area contributed by atoms with Crippen LogP contribution in [0.1, 0.15) is 32.3 Å². The average Bonchev–Trinajstić information content (AvgIpc) is 3.40. The van der Waals surface area contributed by atoms with Crippen molar-refractivity contribution in [2.45, 2.75) is 13.3 Å². The number of amides is 2. The molecular weight excluding hydrogens is 394 g/mol. The first kappa shape index (κ1) is 18.8. The Balaban J connectivity index is 1.39. The Morgan fingerprint density at radius 3 is 2.55 bits per heavy atom. The Labute approximate surface area is 178 Å². The van der Waals surface area contributed by atoms with Crippen molar-refractivity contribution in [2.24, 2.45) is 0 Å². The first-order valence-electron chi connectivity index (χ1n) is 9.87. The van der Waals surface area contributed by atoms with E-state index in [0.717, 1.165) is 17.2 Å². The zero-order chi connectivity index (χ0) is 21.4. The van der Waals surface area contributed by atoms with Gasteiger partial charge in [0, 0.05) is 24.2 Å². The third-order valence-electron chi connectivity index (χ3n) is 5.35. The number of nitrogens with zero attached hydrogens (tertiary/aromatic N) is 4. The zero-order valence-electron chi connectivity index (χ0n) is 16.8. The number of anilines is 2. The van der Waals surface area contributed by atoms with Crippen molar-refractivity contribution < 1.29 is 14.0 Å². The van der Waals surface area contributed by atoms with Crippen LogP contribution in [0.25, 0.3) is 5.69 Å². The van der Waals surface area contributed by atoms with Crippen molar-refractivity contribution >= 4 is 23.2 Å². The maximum Gasteiger partial charge on any atom is 0.259 e. The van der Waals surface area contributed by atoms with Crippen LogP contribution in [0.5, 0.6) is 0 Å². The number of benzene rings is 2. The summed E-state index contributed by atoms with van der Waals surface area (Å²) < 4.78 is 7.09. The van der Waals surface area contributed by atoms with E-state index in [1.54, 1.807) is 48.5 Å². The second-order valence-electron chi connectivity index (χ2n) is 7.23. The van der Waals surface area contributed by atoms with Crippen molar-refractivity contribution in [1.82, 2.24) is 14.8 Å². The third kappa shape index (κ3) is 3.38. The smallest absolute Gasteiger partial charge is 0.259 e. The molecule has 0 aliphatic carbocycles. The molecule has 0 spiro atoms. The number of nitrogens with one attached hydrogen (secondary N) is 1. The lowest BCUT2D eigenvalue weighted by Crippen LogP contribution is -2.32. The van der Waals surface area contributed by atoms with E-state index in [1.165, 1.54) is 6.26 Å². The van der Waals surface area contributed by atoms with Crippen LogP contribution in [-0.2, 0) is 6.42 Å². The molecule has 1 aliphatic heterocycles. The van der Waals surface area contributed by atoms with E-state index in [-0.39, 0.29) is 11.8 Å². The van der Waals surface area contributed by atoms with Gasteiger partial charge < -0.3 is 14.6 Å². The normalized spacial score (nSPS) is 12.6. The lowest BCUT2D eigenvalue weighted by Gasteiger charge is -2.22. The van der Waals surface area contributed by atoms with E-state index in [9.17, 15) is 9.59 Å². The lowest BCUT2D eigenvalue weighted by atomic mass is 10.1. The van der Waals surface area contributed by atoms with E-state index in [0.29, 0.717) is 35.5 Å². The Kier molecular flexibility index (Phi) is 4.59. The summed E-state index contributed by atoms with van der Waals surface area (Å²) in [4.78, 5) is 27.5. The molecular formula is C23H19N5O3. The van der Waals surface area contributed by atoms with Crippen molar-refractivity contribution in [2.75, 3.05) is 16.8 Å². The number of furan rings is 1.